The lowest BCUT2D eigenvalue weighted by Crippen LogP contribution is -2.09. The third-order valence-corrected chi connectivity index (χ3v) is 2.81. The zero-order valence-electron chi connectivity index (χ0n) is 11.3. The Hall–Kier alpha value is -1.01. The van der Waals surface area contributed by atoms with Crippen LogP contribution in [0.1, 0.15) is 31.9 Å². The number of nitrogens with zero attached hydrogens (tertiary/aromatic N) is 1. The quantitative estimate of drug-likeness (QED) is 0.722. The second-order valence-corrected chi connectivity index (χ2v) is 4.73. The second-order valence-electron chi connectivity index (χ2n) is 4.32. The molecule has 0 atom stereocenters. The van der Waals surface area contributed by atoms with Crippen molar-refractivity contribution in [2.45, 2.75) is 39.0 Å². The maximum Gasteiger partial charge on any atom is 0.389 e. The van der Waals surface area contributed by atoms with Crippen molar-refractivity contribution in [3.05, 3.63) is 22.8 Å². The Morgan fingerprint density at radius 2 is 2.10 bits per heavy atom. The Labute approximate surface area is 121 Å². The Morgan fingerprint density at radius 3 is 2.75 bits per heavy atom. The maximum absolute atomic E-state index is 11.9. The fraction of sp³-hybridized carbons (Fsp3) is 0.615. The van der Waals surface area contributed by atoms with Crippen molar-refractivity contribution >= 4 is 17.4 Å². The van der Waals surface area contributed by atoms with Crippen molar-refractivity contribution in [3.63, 3.8) is 0 Å². The second kappa shape index (κ2) is 8.32. The van der Waals surface area contributed by atoms with Crippen LogP contribution in [0.4, 0.5) is 19.0 Å². The van der Waals surface area contributed by atoms with Crippen molar-refractivity contribution in [2.24, 2.45) is 0 Å². The van der Waals surface area contributed by atoms with E-state index in [0.717, 1.165) is 13.0 Å². The predicted octanol–water partition coefficient (Wildman–Crippen LogP) is 4.42. The smallest absolute Gasteiger partial charge is 0.375 e. The van der Waals surface area contributed by atoms with Crippen molar-refractivity contribution in [1.29, 1.82) is 0 Å². The third kappa shape index (κ3) is 6.96. The van der Waals surface area contributed by atoms with Crippen LogP contribution < -0.4 is 5.32 Å². The zero-order chi connectivity index (χ0) is 15.0. The van der Waals surface area contributed by atoms with Gasteiger partial charge >= 0.3 is 6.18 Å². The molecule has 3 nitrogen and oxygen atoms in total. The molecular formula is C13H18ClF3N2O. The molecule has 1 rings (SSSR count). The molecule has 0 amide bonds. The molecule has 0 saturated heterocycles. The van der Waals surface area contributed by atoms with E-state index < -0.39 is 12.6 Å². The highest BCUT2D eigenvalue weighted by molar-refractivity contribution is 6.31. The molecule has 114 valence electrons. The highest BCUT2D eigenvalue weighted by atomic mass is 35.5. The van der Waals surface area contributed by atoms with Gasteiger partial charge in [0.1, 0.15) is 5.82 Å². The minimum Gasteiger partial charge on any atom is -0.375 e. The molecule has 0 aromatic carbocycles. The number of halogens is 4. The summed E-state index contributed by atoms with van der Waals surface area (Å²) in [5, 5.41) is 3.56. The van der Waals surface area contributed by atoms with Gasteiger partial charge in [0.2, 0.25) is 0 Å². The van der Waals surface area contributed by atoms with Crippen LogP contribution in [0.25, 0.3) is 0 Å². The van der Waals surface area contributed by atoms with Gasteiger partial charge in [-0.3, -0.25) is 0 Å². The molecule has 0 saturated carbocycles. The summed E-state index contributed by atoms with van der Waals surface area (Å²) in [7, 11) is 0. The number of rotatable bonds is 8. The van der Waals surface area contributed by atoms with Gasteiger partial charge < -0.3 is 10.1 Å². The summed E-state index contributed by atoms with van der Waals surface area (Å²) in [6, 6.07) is 3.45. The molecular weight excluding hydrogens is 293 g/mol. The fourth-order valence-corrected chi connectivity index (χ4v) is 1.64. The molecule has 0 bridgehead atoms. The van der Waals surface area contributed by atoms with Gasteiger partial charge in [-0.05, 0) is 25.0 Å². The summed E-state index contributed by atoms with van der Waals surface area (Å²) in [4.78, 5) is 4.27. The van der Waals surface area contributed by atoms with Crippen LogP contribution >= 0.6 is 11.6 Å². The van der Waals surface area contributed by atoms with E-state index in [0.29, 0.717) is 16.5 Å². The van der Waals surface area contributed by atoms with Gasteiger partial charge in [-0.2, -0.15) is 13.2 Å². The monoisotopic (exact) mass is 310 g/mol. The topological polar surface area (TPSA) is 34.1 Å². The summed E-state index contributed by atoms with van der Waals surface area (Å²) in [6.07, 6.45) is -4.07. The van der Waals surface area contributed by atoms with Gasteiger partial charge in [0.15, 0.2) is 0 Å². The van der Waals surface area contributed by atoms with E-state index >= 15 is 0 Å². The SMILES string of the molecule is CCCNc1ccc(Cl)c(COCCCC(F)(F)F)n1. The fourth-order valence-electron chi connectivity index (χ4n) is 1.48. The van der Waals surface area contributed by atoms with E-state index in [2.05, 4.69) is 10.3 Å². The van der Waals surface area contributed by atoms with Crippen LogP contribution in [0.5, 0.6) is 0 Å². The lowest BCUT2D eigenvalue weighted by molar-refractivity contribution is -0.138. The van der Waals surface area contributed by atoms with Crippen LogP contribution in [0.15, 0.2) is 12.1 Å². The summed E-state index contributed by atoms with van der Waals surface area (Å²) in [5.74, 6) is 0.685. The normalized spacial score (nSPS) is 11.7. The first-order chi connectivity index (χ1) is 9.42. The number of pyridine rings is 1. The van der Waals surface area contributed by atoms with E-state index in [1.807, 2.05) is 6.92 Å². The highest BCUT2D eigenvalue weighted by Gasteiger charge is 2.25. The van der Waals surface area contributed by atoms with Gasteiger partial charge in [-0.1, -0.05) is 18.5 Å². The van der Waals surface area contributed by atoms with Gasteiger partial charge in [0.05, 0.1) is 17.3 Å². The first kappa shape index (κ1) is 17.0. The first-order valence-electron chi connectivity index (χ1n) is 6.46. The molecule has 0 spiro atoms. The van der Waals surface area contributed by atoms with Crippen molar-refractivity contribution in [3.8, 4) is 0 Å². The third-order valence-electron chi connectivity index (χ3n) is 2.46. The Bertz CT molecular complexity index is 413. The van der Waals surface area contributed by atoms with Gasteiger partial charge in [-0.25, -0.2) is 4.98 Å². The minimum absolute atomic E-state index is 0.0319. The Kier molecular flexibility index (Phi) is 7.09. The summed E-state index contributed by atoms with van der Waals surface area (Å²) in [5.41, 5.74) is 0.528. The van der Waals surface area contributed by atoms with Gasteiger partial charge in [0, 0.05) is 19.6 Å². The van der Waals surface area contributed by atoms with Crippen molar-refractivity contribution in [2.75, 3.05) is 18.5 Å². The maximum atomic E-state index is 11.9. The number of hydrogen-bond donors (Lipinski definition) is 1. The summed E-state index contributed by atoms with van der Waals surface area (Å²) >= 11 is 5.97. The van der Waals surface area contributed by atoms with E-state index in [4.69, 9.17) is 16.3 Å². The standard InChI is InChI=1S/C13H18ClF3N2O/c1-2-7-18-12-5-4-10(14)11(19-12)9-20-8-3-6-13(15,16)17/h4-5H,2-3,6-9H2,1H3,(H,18,19). The first-order valence-corrected chi connectivity index (χ1v) is 6.84. The Balaban J connectivity index is 2.38. The molecule has 0 radical (unpaired) electrons. The largest absolute Gasteiger partial charge is 0.389 e. The molecule has 0 fully saturated rings. The average molecular weight is 311 g/mol. The van der Waals surface area contributed by atoms with E-state index in [1.54, 1.807) is 12.1 Å². The van der Waals surface area contributed by atoms with E-state index in [9.17, 15) is 13.2 Å². The number of anilines is 1. The molecule has 1 aromatic rings. The number of alkyl halides is 3. The number of nitrogens with one attached hydrogen (secondary N) is 1. The zero-order valence-corrected chi connectivity index (χ0v) is 12.0. The molecule has 0 aliphatic heterocycles. The van der Waals surface area contributed by atoms with E-state index in [1.165, 1.54) is 0 Å². The van der Waals surface area contributed by atoms with Crippen LogP contribution in [0.3, 0.4) is 0 Å². The van der Waals surface area contributed by atoms with E-state index in [-0.39, 0.29) is 19.6 Å². The molecule has 0 aliphatic rings. The molecule has 0 unspecified atom stereocenters. The number of ether oxygens (including phenoxy) is 1. The molecule has 7 heteroatoms. The number of hydrogen-bond acceptors (Lipinski definition) is 3. The number of aromatic nitrogens is 1. The summed E-state index contributed by atoms with van der Waals surface area (Å²) in [6.45, 7) is 2.97. The Morgan fingerprint density at radius 1 is 1.35 bits per heavy atom. The molecule has 1 aromatic heterocycles. The lowest BCUT2D eigenvalue weighted by atomic mass is 10.3. The van der Waals surface area contributed by atoms with Crippen molar-refractivity contribution in [1.82, 2.24) is 4.98 Å². The molecule has 1 heterocycles. The van der Waals surface area contributed by atoms with Gasteiger partial charge in [0.25, 0.3) is 0 Å². The van der Waals surface area contributed by atoms with Crippen LogP contribution in [0, 0.1) is 0 Å². The van der Waals surface area contributed by atoms with Crippen LogP contribution in [-0.2, 0) is 11.3 Å². The van der Waals surface area contributed by atoms with Crippen LogP contribution in [0.2, 0.25) is 5.02 Å². The lowest BCUT2D eigenvalue weighted by Gasteiger charge is -2.09. The van der Waals surface area contributed by atoms with Crippen LogP contribution in [-0.4, -0.2) is 24.3 Å². The molecule has 1 N–H and O–H groups in total. The highest BCUT2D eigenvalue weighted by Crippen LogP contribution is 2.22. The summed E-state index contributed by atoms with van der Waals surface area (Å²) < 4.78 is 41.0. The molecule has 0 aliphatic carbocycles. The molecule has 20 heavy (non-hydrogen) atoms. The average Bonchev–Trinajstić information content (AvgIpc) is 2.37. The van der Waals surface area contributed by atoms with Crippen molar-refractivity contribution < 1.29 is 17.9 Å². The predicted molar refractivity (Wildman–Crippen MR) is 73.0 cm³/mol. The van der Waals surface area contributed by atoms with Gasteiger partial charge in [-0.15, -0.1) is 0 Å². The minimum atomic E-state index is -4.14.